The smallest absolute Gasteiger partial charge is 0.102 e. The molecule has 1 rings (SSSR count). The van der Waals surface area contributed by atoms with Crippen LogP contribution in [0, 0.1) is 0 Å². The minimum Gasteiger partial charge on any atom is -0.371 e. The normalized spacial score (nSPS) is 17.9. The lowest BCUT2D eigenvalue weighted by Crippen LogP contribution is -2.37. The quantitative estimate of drug-likeness (QED) is 0.760. The van der Waals surface area contributed by atoms with Crippen molar-refractivity contribution in [3.63, 3.8) is 0 Å². The molecule has 0 atom stereocenters. The zero-order chi connectivity index (χ0) is 10.8. The molecule has 14 heavy (non-hydrogen) atoms. The fourth-order valence-electron chi connectivity index (χ4n) is 1.07. The van der Waals surface area contributed by atoms with Gasteiger partial charge in [0, 0.05) is 23.1 Å². The molecule has 0 fully saturated rings. The Morgan fingerprint density at radius 2 is 2.21 bits per heavy atom. The van der Waals surface area contributed by atoms with Crippen LogP contribution in [0.4, 0.5) is 0 Å². The van der Waals surface area contributed by atoms with E-state index in [1.165, 1.54) is 10.1 Å². The van der Waals surface area contributed by atoms with Crippen molar-refractivity contribution in [3.05, 3.63) is 21.3 Å². The maximum Gasteiger partial charge on any atom is 0.102 e. The van der Waals surface area contributed by atoms with Gasteiger partial charge in [0.25, 0.3) is 0 Å². The van der Waals surface area contributed by atoms with Crippen LogP contribution in [-0.2, 0) is 0 Å². The van der Waals surface area contributed by atoms with Gasteiger partial charge in [0.15, 0.2) is 0 Å². The summed E-state index contributed by atoms with van der Waals surface area (Å²) in [6, 6.07) is 0. The highest BCUT2D eigenvalue weighted by atomic mass is 79.9. The Balaban J connectivity index is 2.60. The highest BCUT2D eigenvalue weighted by Gasteiger charge is 2.13. The standard InChI is InChI=1S/C10H16BrClN2/c1-10(2,3)14-5-7-4-9(12)13-6-8(7)11/h4,13-14H,5-6H2,1-3H3. The van der Waals surface area contributed by atoms with E-state index in [9.17, 15) is 0 Å². The van der Waals surface area contributed by atoms with Gasteiger partial charge >= 0.3 is 0 Å². The summed E-state index contributed by atoms with van der Waals surface area (Å²) in [6.45, 7) is 8.05. The van der Waals surface area contributed by atoms with Crippen molar-refractivity contribution in [3.8, 4) is 0 Å². The fourth-order valence-corrected chi connectivity index (χ4v) is 1.66. The Bertz CT molecular complexity index is 276. The summed E-state index contributed by atoms with van der Waals surface area (Å²) in [6.07, 6.45) is 1.95. The third kappa shape index (κ3) is 4.03. The zero-order valence-electron chi connectivity index (χ0n) is 8.75. The van der Waals surface area contributed by atoms with Crippen molar-refractivity contribution in [2.45, 2.75) is 26.3 Å². The van der Waals surface area contributed by atoms with E-state index in [0.29, 0.717) is 5.16 Å². The van der Waals surface area contributed by atoms with Gasteiger partial charge in [-0.15, -0.1) is 0 Å². The Kier molecular flexibility index (Phi) is 4.04. The van der Waals surface area contributed by atoms with E-state index in [2.05, 4.69) is 47.3 Å². The summed E-state index contributed by atoms with van der Waals surface area (Å²) in [7, 11) is 0. The van der Waals surface area contributed by atoms with Crippen LogP contribution in [0.1, 0.15) is 20.8 Å². The van der Waals surface area contributed by atoms with Gasteiger partial charge in [-0.05, 0) is 32.4 Å². The number of rotatable bonds is 2. The van der Waals surface area contributed by atoms with E-state index in [1.807, 2.05) is 6.08 Å². The van der Waals surface area contributed by atoms with E-state index < -0.39 is 0 Å². The Hall–Kier alpha value is 0.01000. The van der Waals surface area contributed by atoms with Crippen LogP contribution in [0.2, 0.25) is 0 Å². The van der Waals surface area contributed by atoms with Crippen LogP contribution in [0.25, 0.3) is 0 Å². The Morgan fingerprint density at radius 1 is 1.57 bits per heavy atom. The van der Waals surface area contributed by atoms with Crippen LogP contribution in [-0.4, -0.2) is 18.6 Å². The van der Waals surface area contributed by atoms with Crippen LogP contribution in [0.3, 0.4) is 0 Å². The fraction of sp³-hybridized carbons (Fsp3) is 0.600. The van der Waals surface area contributed by atoms with E-state index in [0.717, 1.165) is 13.1 Å². The molecule has 4 heteroatoms. The molecule has 1 heterocycles. The van der Waals surface area contributed by atoms with Crippen molar-refractivity contribution < 1.29 is 0 Å². The van der Waals surface area contributed by atoms with Gasteiger partial charge in [0.05, 0.1) is 0 Å². The highest BCUT2D eigenvalue weighted by molar-refractivity contribution is 9.11. The van der Waals surface area contributed by atoms with E-state index in [-0.39, 0.29) is 5.54 Å². The first-order valence-electron chi connectivity index (χ1n) is 4.62. The van der Waals surface area contributed by atoms with Gasteiger partial charge in [0.2, 0.25) is 0 Å². The van der Waals surface area contributed by atoms with E-state index in [1.54, 1.807) is 0 Å². The van der Waals surface area contributed by atoms with Crippen LogP contribution >= 0.6 is 27.5 Å². The molecule has 2 nitrogen and oxygen atoms in total. The molecule has 0 radical (unpaired) electrons. The minimum absolute atomic E-state index is 0.130. The number of dihydropyridines is 1. The lowest BCUT2D eigenvalue weighted by atomic mass is 10.1. The van der Waals surface area contributed by atoms with Crippen molar-refractivity contribution in [1.29, 1.82) is 0 Å². The van der Waals surface area contributed by atoms with E-state index >= 15 is 0 Å². The molecule has 0 spiro atoms. The van der Waals surface area contributed by atoms with Gasteiger partial charge in [-0.3, -0.25) is 0 Å². The number of hydrogen-bond donors (Lipinski definition) is 2. The van der Waals surface area contributed by atoms with Crippen LogP contribution < -0.4 is 10.6 Å². The second-order valence-corrected chi connectivity index (χ2v) is 5.74. The van der Waals surface area contributed by atoms with Gasteiger partial charge in [-0.1, -0.05) is 27.5 Å². The summed E-state index contributed by atoms with van der Waals surface area (Å²) in [5.41, 5.74) is 1.34. The van der Waals surface area contributed by atoms with Crippen LogP contribution in [0.5, 0.6) is 0 Å². The molecule has 0 aromatic carbocycles. The third-order valence-corrected chi connectivity index (χ3v) is 2.90. The third-order valence-electron chi connectivity index (χ3n) is 1.87. The maximum atomic E-state index is 5.89. The first-order chi connectivity index (χ1) is 6.38. The van der Waals surface area contributed by atoms with Gasteiger partial charge < -0.3 is 10.6 Å². The molecular weight excluding hydrogens is 263 g/mol. The second kappa shape index (κ2) is 4.69. The summed E-state index contributed by atoms with van der Waals surface area (Å²) in [4.78, 5) is 0. The second-order valence-electron chi connectivity index (χ2n) is 4.38. The SMILES string of the molecule is CC(C)(C)NCC1=C(Br)CNC(Cl)=C1. The van der Waals surface area contributed by atoms with Crippen molar-refractivity contribution in [2.75, 3.05) is 13.1 Å². The molecular formula is C10H16BrClN2. The number of hydrogen-bond acceptors (Lipinski definition) is 2. The maximum absolute atomic E-state index is 5.89. The average Bonchev–Trinajstić information content (AvgIpc) is 2.05. The molecule has 0 saturated carbocycles. The summed E-state index contributed by atoms with van der Waals surface area (Å²) >= 11 is 9.42. The van der Waals surface area contributed by atoms with Gasteiger partial charge in [-0.2, -0.15) is 0 Å². The molecule has 0 aromatic rings. The van der Waals surface area contributed by atoms with Crippen molar-refractivity contribution in [2.24, 2.45) is 0 Å². The van der Waals surface area contributed by atoms with Crippen molar-refractivity contribution >= 4 is 27.5 Å². The number of halogens is 2. The minimum atomic E-state index is 0.130. The molecule has 0 amide bonds. The molecule has 0 aromatic heterocycles. The van der Waals surface area contributed by atoms with Gasteiger partial charge in [0.1, 0.15) is 5.16 Å². The zero-order valence-corrected chi connectivity index (χ0v) is 11.1. The molecule has 80 valence electrons. The first-order valence-corrected chi connectivity index (χ1v) is 5.79. The van der Waals surface area contributed by atoms with E-state index in [4.69, 9.17) is 11.6 Å². The predicted octanol–water partition coefficient (Wildman–Crippen LogP) is 2.71. The van der Waals surface area contributed by atoms with Gasteiger partial charge in [-0.25, -0.2) is 0 Å². The van der Waals surface area contributed by atoms with Crippen LogP contribution in [0.15, 0.2) is 21.3 Å². The molecule has 1 aliphatic rings. The molecule has 0 aliphatic carbocycles. The molecule has 0 bridgehead atoms. The Morgan fingerprint density at radius 3 is 2.79 bits per heavy atom. The highest BCUT2D eigenvalue weighted by Crippen LogP contribution is 2.19. The topological polar surface area (TPSA) is 24.1 Å². The Labute approximate surface area is 98.9 Å². The molecule has 2 N–H and O–H groups in total. The molecule has 1 aliphatic heterocycles. The largest absolute Gasteiger partial charge is 0.371 e. The predicted molar refractivity (Wildman–Crippen MR) is 65.6 cm³/mol. The lowest BCUT2D eigenvalue weighted by molar-refractivity contribution is 0.445. The monoisotopic (exact) mass is 278 g/mol. The number of nitrogens with one attached hydrogen (secondary N) is 2. The summed E-state index contributed by atoms with van der Waals surface area (Å²) in [5, 5.41) is 7.18. The lowest BCUT2D eigenvalue weighted by Gasteiger charge is -2.23. The summed E-state index contributed by atoms with van der Waals surface area (Å²) < 4.78 is 1.17. The average molecular weight is 280 g/mol. The van der Waals surface area contributed by atoms with Crippen molar-refractivity contribution in [1.82, 2.24) is 10.6 Å². The summed E-state index contributed by atoms with van der Waals surface area (Å²) in [5.74, 6) is 0. The molecule has 0 unspecified atom stereocenters. The first kappa shape index (κ1) is 12.1. The molecule has 0 saturated heterocycles.